The maximum Gasteiger partial charge on any atom is 0.0463 e. The third-order valence-corrected chi connectivity index (χ3v) is 7.39. The predicted octanol–water partition coefficient (Wildman–Crippen LogP) is 7.43. The molecule has 0 amide bonds. The Labute approximate surface area is 139 Å². The van der Waals surface area contributed by atoms with E-state index < -0.39 is 0 Å². The van der Waals surface area contributed by atoms with Crippen molar-refractivity contribution in [3.05, 3.63) is 33.5 Å². The highest BCUT2D eigenvalue weighted by Crippen LogP contribution is 2.41. The molecule has 3 aromatic heterocycles. The van der Waals surface area contributed by atoms with Crippen molar-refractivity contribution >= 4 is 43.4 Å². The molecule has 0 saturated heterocycles. The minimum atomic E-state index is 1.25. The van der Waals surface area contributed by atoms with Gasteiger partial charge in [-0.2, -0.15) is 0 Å². The van der Waals surface area contributed by atoms with Crippen LogP contribution >= 0.6 is 34.0 Å². The van der Waals surface area contributed by atoms with Crippen molar-refractivity contribution in [2.75, 3.05) is 0 Å². The summed E-state index contributed by atoms with van der Waals surface area (Å²) in [6, 6.07) is 7.14. The molecule has 3 heterocycles. The van der Waals surface area contributed by atoms with Gasteiger partial charge in [-0.15, -0.1) is 34.0 Å². The summed E-state index contributed by atoms with van der Waals surface area (Å²) in [5, 5.41) is 0. The van der Waals surface area contributed by atoms with Crippen LogP contribution in [0.5, 0.6) is 0 Å². The van der Waals surface area contributed by atoms with Gasteiger partial charge in [0.05, 0.1) is 0 Å². The molecule has 0 spiro atoms. The van der Waals surface area contributed by atoms with Gasteiger partial charge in [0.25, 0.3) is 0 Å². The Hall–Kier alpha value is -0.640. The van der Waals surface area contributed by atoms with Crippen LogP contribution in [0.1, 0.15) is 47.9 Å². The Morgan fingerprint density at radius 3 is 2.33 bits per heavy atom. The number of aryl methyl sites for hydroxylation is 3. The molecule has 0 aliphatic carbocycles. The molecule has 0 unspecified atom stereocenters. The topological polar surface area (TPSA) is 0 Å². The fraction of sp³-hybridized carbons (Fsp3) is 0.444. The molecule has 0 fully saturated rings. The van der Waals surface area contributed by atoms with Gasteiger partial charge in [0.2, 0.25) is 0 Å². The Kier molecular flexibility index (Phi) is 4.82. The molecule has 3 heteroatoms. The summed E-state index contributed by atoms with van der Waals surface area (Å²) in [7, 11) is 0. The summed E-state index contributed by atoms with van der Waals surface area (Å²) in [5.74, 6) is 0. The molecular formula is C18H22S3. The average molecular weight is 335 g/mol. The van der Waals surface area contributed by atoms with E-state index in [1.807, 2.05) is 34.0 Å². The molecule has 0 aliphatic heterocycles. The van der Waals surface area contributed by atoms with Crippen LogP contribution in [0, 0.1) is 13.8 Å². The third-order valence-electron chi connectivity index (χ3n) is 3.89. The molecule has 0 N–H and O–H groups in total. The van der Waals surface area contributed by atoms with Gasteiger partial charge in [-0.3, -0.25) is 0 Å². The zero-order chi connectivity index (χ0) is 14.8. The lowest BCUT2D eigenvalue weighted by Crippen LogP contribution is -1.84. The number of fused-ring (bicyclic) bond motifs is 1. The molecule has 112 valence electrons. The highest BCUT2D eigenvalue weighted by atomic mass is 32.1. The first-order chi connectivity index (χ1) is 10.2. The van der Waals surface area contributed by atoms with Gasteiger partial charge in [0, 0.05) is 28.9 Å². The molecule has 0 nitrogen and oxygen atoms in total. The van der Waals surface area contributed by atoms with Crippen LogP contribution in [0.15, 0.2) is 18.2 Å². The lowest BCUT2D eigenvalue weighted by Gasteiger charge is -1.99. The van der Waals surface area contributed by atoms with Gasteiger partial charge in [-0.25, -0.2) is 0 Å². The molecule has 3 rings (SSSR count). The van der Waals surface area contributed by atoms with E-state index in [2.05, 4.69) is 39.0 Å². The van der Waals surface area contributed by atoms with E-state index in [1.54, 1.807) is 5.56 Å². The number of hydrogen-bond acceptors (Lipinski definition) is 3. The summed E-state index contributed by atoms with van der Waals surface area (Å²) in [6.07, 6.45) is 6.65. The van der Waals surface area contributed by atoms with E-state index in [0.29, 0.717) is 0 Å². The molecule has 0 radical (unpaired) electrons. The van der Waals surface area contributed by atoms with Crippen LogP contribution < -0.4 is 0 Å². The van der Waals surface area contributed by atoms with Crippen LogP contribution in [0.3, 0.4) is 0 Å². The molecule has 0 aliphatic rings. The monoisotopic (exact) mass is 334 g/mol. The lowest BCUT2D eigenvalue weighted by atomic mass is 10.1. The van der Waals surface area contributed by atoms with E-state index in [0.717, 1.165) is 0 Å². The smallest absolute Gasteiger partial charge is 0.0463 e. The van der Waals surface area contributed by atoms with Crippen LogP contribution in [-0.4, -0.2) is 0 Å². The van der Waals surface area contributed by atoms with Gasteiger partial charge in [-0.05, 0) is 50.5 Å². The quantitative estimate of drug-likeness (QED) is 0.411. The van der Waals surface area contributed by atoms with Crippen molar-refractivity contribution in [2.45, 2.75) is 52.9 Å². The van der Waals surface area contributed by atoms with Crippen molar-refractivity contribution in [2.24, 2.45) is 0 Å². The van der Waals surface area contributed by atoms with Crippen molar-refractivity contribution in [3.63, 3.8) is 0 Å². The highest BCUT2D eigenvalue weighted by molar-refractivity contribution is 7.31. The average Bonchev–Trinajstić information content (AvgIpc) is 3.08. The summed E-state index contributed by atoms with van der Waals surface area (Å²) in [6.45, 7) is 6.75. The zero-order valence-corrected chi connectivity index (χ0v) is 15.4. The molecule has 3 aromatic rings. The lowest BCUT2D eigenvalue weighted by molar-refractivity contribution is 0.666. The fourth-order valence-corrected chi connectivity index (χ4v) is 6.17. The van der Waals surface area contributed by atoms with Crippen LogP contribution in [0.2, 0.25) is 0 Å². The SMILES string of the molecule is CCCCCCc1cc(-c2cc3sc(C)cc3s2)sc1C. The number of hydrogen-bond donors (Lipinski definition) is 0. The second kappa shape index (κ2) is 6.64. The van der Waals surface area contributed by atoms with Gasteiger partial charge >= 0.3 is 0 Å². The first-order valence-electron chi connectivity index (χ1n) is 7.77. The minimum Gasteiger partial charge on any atom is -0.140 e. The van der Waals surface area contributed by atoms with E-state index in [4.69, 9.17) is 0 Å². The normalized spacial score (nSPS) is 11.6. The van der Waals surface area contributed by atoms with Crippen LogP contribution in [0.25, 0.3) is 19.2 Å². The number of rotatable bonds is 6. The molecule has 0 atom stereocenters. The number of thiophene rings is 3. The Morgan fingerprint density at radius 2 is 1.57 bits per heavy atom. The van der Waals surface area contributed by atoms with Gasteiger partial charge < -0.3 is 0 Å². The predicted molar refractivity (Wildman–Crippen MR) is 100 cm³/mol. The van der Waals surface area contributed by atoms with E-state index in [9.17, 15) is 0 Å². The third kappa shape index (κ3) is 3.41. The van der Waals surface area contributed by atoms with E-state index in [1.165, 1.54) is 61.0 Å². The van der Waals surface area contributed by atoms with Crippen molar-refractivity contribution in [1.82, 2.24) is 0 Å². The Morgan fingerprint density at radius 1 is 0.810 bits per heavy atom. The second-order valence-corrected chi connectivity index (χ2v) is 9.33. The van der Waals surface area contributed by atoms with Crippen molar-refractivity contribution < 1.29 is 0 Å². The van der Waals surface area contributed by atoms with Crippen LogP contribution in [-0.2, 0) is 6.42 Å². The Bertz CT molecular complexity index is 695. The Balaban J connectivity index is 1.77. The molecule has 0 saturated carbocycles. The summed E-state index contributed by atoms with van der Waals surface area (Å²) in [4.78, 5) is 5.84. The fourth-order valence-electron chi connectivity index (χ4n) is 2.71. The first kappa shape index (κ1) is 15.3. The molecule has 0 bridgehead atoms. The summed E-state index contributed by atoms with van der Waals surface area (Å²) >= 11 is 5.83. The summed E-state index contributed by atoms with van der Waals surface area (Å²) in [5.41, 5.74) is 1.57. The molecule has 0 aromatic carbocycles. The number of unbranched alkanes of at least 4 members (excludes halogenated alkanes) is 3. The van der Waals surface area contributed by atoms with Crippen molar-refractivity contribution in [3.8, 4) is 9.75 Å². The first-order valence-corrected chi connectivity index (χ1v) is 10.2. The van der Waals surface area contributed by atoms with E-state index in [-0.39, 0.29) is 0 Å². The van der Waals surface area contributed by atoms with Crippen molar-refractivity contribution in [1.29, 1.82) is 0 Å². The van der Waals surface area contributed by atoms with E-state index >= 15 is 0 Å². The largest absolute Gasteiger partial charge is 0.140 e. The highest BCUT2D eigenvalue weighted by Gasteiger charge is 2.11. The second-order valence-electron chi connectivity index (χ2n) is 5.70. The minimum absolute atomic E-state index is 1.25. The maximum absolute atomic E-state index is 2.44. The molecular weight excluding hydrogens is 312 g/mol. The zero-order valence-electron chi connectivity index (χ0n) is 13.0. The molecule has 21 heavy (non-hydrogen) atoms. The van der Waals surface area contributed by atoms with Crippen LogP contribution in [0.4, 0.5) is 0 Å². The summed E-state index contributed by atoms with van der Waals surface area (Å²) < 4.78 is 2.89. The standard InChI is InChI=1S/C18H22S3/c1-4-5-6-7-8-14-10-16(20-13(14)3)18-11-17-15(21-18)9-12(2)19-17/h9-11H,4-8H2,1-3H3. The van der Waals surface area contributed by atoms with Gasteiger partial charge in [-0.1, -0.05) is 26.2 Å². The van der Waals surface area contributed by atoms with Gasteiger partial charge in [0.1, 0.15) is 0 Å². The van der Waals surface area contributed by atoms with Gasteiger partial charge in [0.15, 0.2) is 0 Å². The maximum atomic E-state index is 2.44.